The fourth-order valence-electron chi connectivity index (χ4n) is 3.56. The Morgan fingerprint density at radius 3 is 2.17 bits per heavy atom. The molecule has 0 radical (unpaired) electrons. The Labute approximate surface area is 172 Å². The highest BCUT2D eigenvalue weighted by atomic mass is 16.5. The van der Waals surface area contributed by atoms with Gasteiger partial charge in [0.05, 0.1) is 13.2 Å². The highest BCUT2D eigenvalue weighted by molar-refractivity contribution is 5.94. The number of morpholine rings is 1. The molecule has 148 valence electrons. The summed E-state index contributed by atoms with van der Waals surface area (Å²) < 4.78 is 5.40. The van der Waals surface area contributed by atoms with E-state index in [9.17, 15) is 4.79 Å². The smallest absolute Gasteiger partial charge is 0.251 e. The number of amides is 1. The number of carbonyl (C=O) groups excluding carboxylic acids is 1. The van der Waals surface area contributed by atoms with E-state index >= 15 is 0 Å². The van der Waals surface area contributed by atoms with Crippen LogP contribution in [0.15, 0.2) is 78.9 Å². The monoisotopic (exact) mass is 386 g/mol. The minimum atomic E-state index is -0.0328. The molecule has 0 spiro atoms. The summed E-state index contributed by atoms with van der Waals surface area (Å²) in [6.07, 6.45) is 0.817. The maximum absolute atomic E-state index is 12.4. The topological polar surface area (TPSA) is 41.6 Å². The molecule has 1 aliphatic rings. The normalized spacial score (nSPS) is 13.9. The van der Waals surface area contributed by atoms with Crippen LogP contribution in [0.1, 0.15) is 15.9 Å². The van der Waals surface area contributed by atoms with Gasteiger partial charge in [-0.1, -0.05) is 54.6 Å². The van der Waals surface area contributed by atoms with Gasteiger partial charge in [-0.2, -0.15) is 0 Å². The molecule has 1 N–H and O–H groups in total. The molecule has 3 aromatic rings. The lowest BCUT2D eigenvalue weighted by Crippen LogP contribution is -2.36. The summed E-state index contributed by atoms with van der Waals surface area (Å²) in [4.78, 5) is 14.8. The van der Waals surface area contributed by atoms with Gasteiger partial charge in [-0.25, -0.2) is 0 Å². The van der Waals surface area contributed by atoms with Crippen LogP contribution in [-0.2, 0) is 11.2 Å². The predicted molar refractivity (Wildman–Crippen MR) is 117 cm³/mol. The zero-order valence-corrected chi connectivity index (χ0v) is 16.5. The van der Waals surface area contributed by atoms with Crippen molar-refractivity contribution in [2.45, 2.75) is 6.42 Å². The Kier molecular flexibility index (Phi) is 6.22. The first kappa shape index (κ1) is 19.2. The summed E-state index contributed by atoms with van der Waals surface area (Å²) in [7, 11) is 0. The molecule has 1 amide bonds. The lowest BCUT2D eigenvalue weighted by molar-refractivity contribution is 0.0954. The third-order valence-corrected chi connectivity index (χ3v) is 5.27. The van der Waals surface area contributed by atoms with Crippen LogP contribution in [0.4, 0.5) is 5.69 Å². The number of nitrogens with one attached hydrogen (secondary N) is 1. The molecular weight excluding hydrogens is 360 g/mol. The van der Waals surface area contributed by atoms with Crippen LogP contribution in [0.2, 0.25) is 0 Å². The predicted octanol–water partition coefficient (Wildman–Crippen LogP) is 4.16. The van der Waals surface area contributed by atoms with Crippen LogP contribution >= 0.6 is 0 Å². The highest BCUT2D eigenvalue weighted by Gasteiger charge is 2.11. The third-order valence-electron chi connectivity index (χ3n) is 5.27. The van der Waals surface area contributed by atoms with Crippen molar-refractivity contribution in [2.75, 3.05) is 37.7 Å². The number of anilines is 1. The maximum Gasteiger partial charge on any atom is 0.251 e. The highest BCUT2D eigenvalue weighted by Crippen LogP contribution is 2.19. The van der Waals surface area contributed by atoms with Gasteiger partial charge in [-0.3, -0.25) is 4.79 Å². The molecule has 0 bridgehead atoms. The second-order valence-electron chi connectivity index (χ2n) is 7.22. The second-order valence-corrected chi connectivity index (χ2v) is 7.22. The van der Waals surface area contributed by atoms with Crippen LogP contribution in [0.25, 0.3) is 11.1 Å². The molecule has 1 heterocycles. The van der Waals surface area contributed by atoms with Gasteiger partial charge in [-0.05, 0) is 47.4 Å². The van der Waals surface area contributed by atoms with Crippen molar-refractivity contribution in [3.05, 3.63) is 90.0 Å². The first-order chi connectivity index (χ1) is 14.3. The Bertz CT molecular complexity index is 915. The number of rotatable bonds is 6. The standard InChI is InChI=1S/C25H26N2O2/c28-25(23-10-8-22(9-11-23)21-4-2-1-3-5-21)26-15-14-20-6-12-24(13-7-20)27-16-18-29-19-17-27/h1-13H,14-19H2,(H,26,28). The van der Waals surface area contributed by atoms with Crippen molar-refractivity contribution in [1.82, 2.24) is 5.32 Å². The van der Waals surface area contributed by atoms with Gasteiger partial charge in [0.2, 0.25) is 0 Å². The van der Waals surface area contributed by atoms with Crippen LogP contribution in [0.5, 0.6) is 0 Å². The second kappa shape index (κ2) is 9.39. The quantitative estimate of drug-likeness (QED) is 0.692. The molecule has 0 aromatic heterocycles. The molecule has 0 saturated carbocycles. The van der Waals surface area contributed by atoms with Crippen molar-refractivity contribution in [2.24, 2.45) is 0 Å². The lowest BCUT2D eigenvalue weighted by Gasteiger charge is -2.28. The largest absolute Gasteiger partial charge is 0.378 e. The van der Waals surface area contributed by atoms with Crippen molar-refractivity contribution >= 4 is 11.6 Å². The lowest BCUT2D eigenvalue weighted by atomic mass is 10.0. The summed E-state index contributed by atoms with van der Waals surface area (Å²) in [5, 5.41) is 3.02. The maximum atomic E-state index is 12.4. The zero-order chi connectivity index (χ0) is 19.9. The fraction of sp³-hybridized carbons (Fsp3) is 0.240. The number of ether oxygens (including phenoxy) is 1. The molecule has 1 fully saturated rings. The number of hydrogen-bond acceptors (Lipinski definition) is 3. The molecule has 0 unspecified atom stereocenters. The summed E-state index contributed by atoms with van der Waals surface area (Å²) in [6.45, 7) is 4.09. The van der Waals surface area contributed by atoms with E-state index in [1.165, 1.54) is 11.3 Å². The van der Waals surface area contributed by atoms with Crippen LogP contribution in [0.3, 0.4) is 0 Å². The van der Waals surface area contributed by atoms with E-state index in [2.05, 4.69) is 46.6 Å². The molecular formula is C25H26N2O2. The van der Waals surface area contributed by atoms with Crippen molar-refractivity contribution in [1.29, 1.82) is 0 Å². The van der Waals surface area contributed by atoms with Gasteiger partial charge >= 0.3 is 0 Å². The van der Waals surface area contributed by atoms with Gasteiger partial charge in [0, 0.05) is 30.9 Å². The van der Waals surface area contributed by atoms with E-state index in [4.69, 9.17) is 4.74 Å². The summed E-state index contributed by atoms with van der Waals surface area (Å²) in [5.41, 5.74) is 5.41. The van der Waals surface area contributed by atoms with Gasteiger partial charge < -0.3 is 15.0 Å². The minimum absolute atomic E-state index is 0.0328. The first-order valence-corrected chi connectivity index (χ1v) is 10.1. The van der Waals surface area contributed by atoms with E-state index in [1.807, 2.05) is 42.5 Å². The molecule has 4 nitrogen and oxygen atoms in total. The summed E-state index contributed by atoms with van der Waals surface area (Å²) in [6, 6.07) is 26.5. The number of hydrogen-bond donors (Lipinski definition) is 1. The molecule has 4 rings (SSSR count). The number of carbonyl (C=O) groups is 1. The first-order valence-electron chi connectivity index (χ1n) is 10.1. The SMILES string of the molecule is O=C(NCCc1ccc(N2CCOCC2)cc1)c1ccc(-c2ccccc2)cc1. The fourth-order valence-corrected chi connectivity index (χ4v) is 3.56. The molecule has 0 aliphatic carbocycles. The number of benzene rings is 3. The molecule has 4 heteroatoms. The van der Waals surface area contributed by atoms with Gasteiger partial charge in [0.1, 0.15) is 0 Å². The van der Waals surface area contributed by atoms with Crippen LogP contribution in [0, 0.1) is 0 Å². The van der Waals surface area contributed by atoms with Crippen molar-refractivity contribution in [3.8, 4) is 11.1 Å². The summed E-state index contributed by atoms with van der Waals surface area (Å²) >= 11 is 0. The Morgan fingerprint density at radius 2 is 1.48 bits per heavy atom. The van der Waals surface area contributed by atoms with Crippen LogP contribution < -0.4 is 10.2 Å². The van der Waals surface area contributed by atoms with Crippen molar-refractivity contribution in [3.63, 3.8) is 0 Å². The van der Waals surface area contributed by atoms with E-state index in [-0.39, 0.29) is 5.91 Å². The Hall–Kier alpha value is -3.11. The molecule has 29 heavy (non-hydrogen) atoms. The van der Waals surface area contributed by atoms with Gasteiger partial charge in [-0.15, -0.1) is 0 Å². The average molecular weight is 386 g/mol. The van der Waals surface area contributed by atoms with Crippen LogP contribution in [-0.4, -0.2) is 38.8 Å². The Morgan fingerprint density at radius 1 is 0.828 bits per heavy atom. The zero-order valence-electron chi connectivity index (χ0n) is 16.5. The molecule has 0 atom stereocenters. The van der Waals surface area contributed by atoms with Gasteiger partial charge in [0.25, 0.3) is 5.91 Å². The van der Waals surface area contributed by atoms with E-state index in [0.29, 0.717) is 12.1 Å². The minimum Gasteiger partial charge on any atom is -0.378 e. The summed E-state index contributed by atoms with van der Waals surface area (Å²) in [5.74, 6) is -0.0328. The van der Waals surface area contributed by atoms with Crippen molar-refractivity contribution < 1.29 is 9.53 Å². The third kappa shape index (κ3) is 5.04. The van der Waals surface area contributed by atoms with Gasteiger partial charge in [0.15, 0.2) is 0 Å². The van der Waals surface area contributed by atoms with E-state index in [0.717, 1.165) is 43.9 Å². The Balaban J connectivity index is 1.27. The van der Waals surface area contributed by atoms with E-state index < -0.39 is 0 Å². The number of nitrogens with zero attached hydrogens (tertiary/aromatic N) is 1. The molecule has 1 saturated heterocycles. The average Bonchev–Trinajstić information content (AvgIpc) is 2.81. The molecule has 1 aliphatic heterocycles. The van der Waals surface area contributed by atoms with E-state index in [1.54, 1.807) is 0 Å². The molecule has 3 aromatic carbocycles.